The Kier molecular flexibility index (Phi) is 12.6. The van der Waals surface area contributed by atoms with Gasteiger partial charge < -0.3 is 25.6 Å². The summed E-state index contributed by atoms with van der Waals surface area (Å²) < 4.78 is 5.19. The predicted molar refractivity (Wildman–Crippen MR) is 137 cm³/mol. The molecule has 0 aliphatic heterocycles. The second kappa shape index (κ2) is 14.6. The van der Waals surface area contributed by atoms with E-state index in [0.717, 1.165) is 35.9 Å². The van der Waals surface area contributed by atoms with Crippen LogP contribution in [-0.4, -0.2) is 57.6 Å². The van der Waals surface area contributed by atoms with Gasteiger partial charge in [0.05, 0.1) is 13.7 Å². The largest absolute Gasteiger partial charge is 0.497 e. The number of amides is 1. The maximum Gasteiger partial charge on any atom is 0.251 e. The molecule has 0 radical (unpaired) electrons. The summed E-state index contributed by atoms with van der Waals surface area (Å²) in [6.07, 6.45) is 0. The third-order valence-electron chi connectivity index (χ3n) is 4.42. The normalized spacial score (nSPS) is 10.9. The van der Waals surface area contributed by atoms with Crippen molar-refractivity contribution >= 4 is 35.8 Å². The fourth-order valence-electron chi connectivity index (χ4n) is 2.75. The quantitative estimate of drug-likeness (QED) is 0.246. The monoisotopic (exact) mass is 539 g/mol. The third kappa shape index (κ3) is 10.0. The van der Waals surface area contributed by atoms with E-state index in [2.05, 4.69) is 20.9 Å². The Labute approximate surface area is 202 Å². The van der Waals surface area contributed by atoms with Crippen LogP contribution in [0.25, 0.3) is 0 Å². The molecule has 170 valence electrons. The zero-order chi connectivity index (χ0) is 21.8. The molecule has 0 fully saturated rings. The van der Waals surface area contributed by atoms with Crippen LogP contribution in [0.2, 0.25) is 0 Å². The molecule has 7 nitrogen and oxygen atoms in total. The molecule has 0 atom stereocenters. The van der Waals surface area contributed by atoms with Crippen LogP contribution in [0.3, 0.4) is 0 Å². The van der Waals surface area contributed by atoms with Gasteiger partial charge in [-0.2, -0.15) is 0 Å². The van der Waals surface area contributed by atoms with Gasteiger partial charge in [0, 0.05) is 31.7 Å². The van der Waals surface area contributed by atoms with E-state index in [4.69, 9.17) is 4.74 Å². The van der Waals surface area contributed by atoms with Crippen LogP contribution in [0.1, 0.15) is 28.4 Å². The highest BCUT2D eigenvalue weighted by molar-refractivity contribution is 14.0. The topological polar surface area (TPSA) is 78.0 Å². The molecule has 31 heavy (non-hydrogen) atoms. The van der Waals surface area contributed by atoms with E-state index in [9.17, 15) is 4.79 Å². The number of aliphatic imine (C=N–C) groups is 1. The fourth-order valence-corrected chi connectivity index (χ4v) is 2.75. The third-order valence-corrected chi connectivity index (χ3v) is 4.42. The zero-order valence-corrected chi connectivity index (χ0v) is 21.1. The molecule has 2 aromatic carbocycles. The van der Waals surface area contributed by atoms with Crippen LogP contribution in [0.15, 0.2) is 53.5 Å². The summed E-state index contributed by atoms with van der Waals surface area (Å²) in [6.45, 7) is 5.36. The Bertz CT molecular complexity index is 825. The van der Waals surface area contributed by atoms with E-state index < -0.39 is 0 Å². The van der Waals surface area contributed by atoms with E-state index in [0.29, 0.717) is 25.2 Å². The van der Waals surface area contributed by atoms with Crippen molar-refractivity contribution in [3.63, 3.8) is 0 Å². The minimum absolute atomic E-state index is 0. The number of ether oxygens (including phenoxy) is 1. The number of benzene rings is 2. The number of hydrogen-bond acceptors (Lipinski definition) is 4. The van der Waals surface area contributed by atoms with Crippen molar-refractivity contribution in [2.24, 2.45) is 4.99 Å². The first kappa shape index (κ1) is 26.7. The molecule has 0 aliphatic carbocycles. The van der Waals surface area contributed by atoms with Gasteiger partial charge in [0.15, 0.2) is 5.96 Å². The summed E-state index contributed by atoms with van der Waals surface area (Å²) in [6, 6.07) is 15.5. The van der Waals surface area contributed by atoms with Crippen LogP contribution < -0.4 is 20.7 Å². The number of nitrogens with one attached hydrogen (secondary N) is 3. The Morgan fingerprint density at radius 2 is 1.77 bits per heavy atom. The Balaban J connectivity index is 0.00000480. The molecule has 0 aliphatic rings. The van der Waals surface area contributed by atoms with Crippen LogP contribution >= 0.6 is 24.0 Å². The molecule has 1 amide bonds. The van der Waals surface area contributed by atoms with Gasteiger partial charge in [0.2, 0.25) is 0 Å². The van der Waals surface area contributed by atoms with Crippen molar-refractivity contribution in [2.75, 3.05) is 40.8 Å². The van der Waals surface area contributed by atoms with E-state index in [-0.39, 0.29) is 29.9 Å². The number of guanidine groups is 1. The molecule has 2 rings (SSSR count). The summed E-state index contributed by atoms with van der Waals surface area (Å²) in [5, 5.41) is 9.53. The number of hydrogen-bond donors (Lipinski definition) is 3. The molecular formula is C23H34IN5O2. The number of nitrogens with zero attached hydrogens (tertiary/aromatic N) is 2. The molecule has 0 heterocycles. The van der Waals surface area contributed by atoms with Gasteiger partial charge >= 0.3 is 0 Å². The molecule has 0 saturated heterocycles. The molecule has 0 unspecified atom stereocenters. The molecule has 0 spiro atoms. The first-order valence-corrected chi connectivity index (χ1v) is 10.2. The minimum atomic E-state index is -0.0628. The van der Waals surface area contributed by atoms with Crippen molar-refractivity contribution in [3.8, 4) is 5.75 Å². The number of likely N-dealkylation sites (N-methyl/N-ethyl adjacent to an activating group) is 1. The van der Waals surface area contributed by atoms with Crippen LogP contribution in [0, 0.1) is 0 Å². The first-order valence-electron chi connectivity index (χ1n) is 10.2. The highest BCUT2D eigenvalue weighted by atomic mass is 127. The highest BCUT2D eigenvalue weighted by Gasteiger charge is 2.06. The van der Waals surface area contributed by atoms with E-state index in [1.165, 1.54) is 0 Å². The first-order chi connectivity index (χ1) is 14.5. The second-order valence-electron chi connectivity index (χ2n) is 7.16. The number of carbonyl (C=O) groups is 1. The smallest absolute Gasteiger partial charge is 0.251 e. The van der Waals surface area contributed by atoms with Crippen molar-refractivity contribution in [1.82, 2.24) is 20.9 Å². The Morgan fingerprint density at radius 1 is 1.03 bits per heavy atom. The van der Waals surface area contributed by atoms with Crippen LogP contribution in [0.4, 0.5) is 0 Å². The Hall–Kier alpha value is -2.33. The summed E-state index contributed by atoms with van der Waals surface area (Å²) in [5.41, 5.74) is 2.77. The van der Waals surface area contributed by atoms with Crippen molar-refractivity contribution in [3.05, 3.63) is 65.2 Å². The highest BCUT2D eigenvalue weighted by Crippen LogP contribution is 2.11. The van der Waals surface area contributed by atoms with Gasteiger partial charge in [-0.15, -0.1) is 24.0 Å². The lowest BCUT2D eigenvalue weighted by Gasteiger charge is -2.12. The van der Waals surface area contributed by atoms with E-state index in [1.54, 1.807) is 7.11 Å². The van der Waals surface area contributed by atoms with Gasteiger partial charge in [0.1, 0.15) is 5.75 Å². The van der Waals surface area contributed by atoms with Gasteiger partial charge in [-0.3, -0.25) is 4.79 Å². The summed E-state index contributed by atoms with van der Waals surface area (Å²) >= 11 is 0. The molecule has 0 saturated carbocycles. The van der Waals surface area contributed by atoms with Crippen LogP contribution in [0.5, 0.6) is 5.75 Å². The lowest BCUT2D eigenvalue weighted by molar-refractivity contribution is 0.0951. The molecule has 3 N–H and O–H groups in total. The van der Waals surface area contributed by atoms with Gasteiger partial charge in [0.25, 0.3) is 5.91 Å². The number of methoxy groups -OCH3 is 1. The van der Waals surface area contributed by atoms with Gasteiger partial charge in [-0.25, -0.2) is 4.99 Å². The minimum Gasteiger partial charge on any atom is -0.497 e. The summed E-state index contributed by atoms with van der Waals surface area (Å²) in [5.74, 6) is 1.51. The molecule has 2 aromatic rings. The molecular weight excluding hydrogens is 505 g/mol. The molecule has 0 aromatic heterocycles. The van der Waals surface area contributed by atoms with Crippen molar-refractivity contribution < 1.29 is 9.53 Å². The second-order valence-corrected chi connectivity index (χ2v) is 7.16. The van der Waals surface area contributed by atoms with Crippen molar-refractivity contribution in [2.45, 2.75) is 20.0 Å². The standard InChI is InChI=1S/C23H33N5O2.HI/c1-5-24-23(26-16-18-9-11-21(30-4)12-10-18)27-17-19-7-6-8-20(15-19)22(29)25-13-14-28(2)3;/h6-12,15H,5,13-14,16-17H2,1-4H3,(H,25,29)(H2,24,26,27);1H. The average Bonchev–Trinajstić information content (AvgIpc) is 2.76. The molecule has 0 bridgehead atoms. The number of halogens is 1. The summed E-state index contributed by atoms with van der Waals surface area (Å²) in [4.78, 5) is 19.0. The van der Waals surface area contributed by atoms with Crippen molar-refractivity contribution in [1.29, 1.82) is 0 Å². The zero-order valence-electron chi connectivity index (χ0n) is 18.8. The van der Waals surface area contributed by atoms with Crippen LogP contribution in [-0.2, 0) is 13.1 Å². The maximum absolute atomic E-state index is 12.3. The van der Waals surface area contributed by atoms with Gasteiger partial charge in [-0.1, -0.05) is 24.3 Å². The summed E-state index contributed by atoms with van der Waals surface area (Å²) in [7, 11) is 5.62. The lowest BCUT2D eigenvalue weighted by Crippen LogP contribution is -2.36. The number of carbonyl (C=O) groups excluding carboxylic acids is 1. The maximum atomic E-state index is 12.3. The van der Waals surface area contributed by atoms with E-state index >= 15 is 0 Å². The van der Waals surface area contributed by atoms with E-state index in [1.807, 2.05) is 74.4 Å². The average molecular weight is 539 g/mol. The fraction of sp³-hybridized carbons (Fsp3) is 0.391. The molecule has 8 heteroatoms. The SMILES string of the molecule is CCNC(=NCc1cccc(C(=O)NCCN(C)C)c1)NCc1ccc(OC)cc1.I. The van der Waals surface area contributed by atoms with Gasteiger partial charge in [-0.05, 0) is 56.4 Å². The predicted octanol–water partition coefficient (Wildman–Crippen LogP) is 2.86. The Morgan fingerprint density at radius 3 is 2.42 bits per heavy atom. The lowest BCUT2D eigenvalue weighted by atomic mass is 10.1. The number of rotatable bonds is 10.